The lowest BCUT2D eigenvalue weighted by atomic mass is 9.68. The molecule has 1 nitrogen and oxygen atoms in total. The van der Waals surface area contributed by atoms with Crippen LogP contribution in [0, 0.1) is 29.4 Å². The molecule has 1 aromatic carbocycles. The second-order valence-corrected chi connectivity index (χ2v) is 8.32. The zero-order valence-corrected chi connectivity index (χ0v) is 16.5. The Bertz CT molecular complexity index is 634. The third-order valence-corrected chi connectivity index (χ3v) is 6.60. The van der Waals surface area contributed by atoms with Gasteiger partial charge in [0.25, 0.3) is 0 Å². The summed E-state index contributed by atoms with van der Waals surface area (Å²) >= 11 is 0. The Balaban J connectivity index is 1.54. The molecule has 1 aromatic rings. The standard InChI is InChI=1S/C23H30F4O/c1-2-3-4-15-5-7-16(8-6-15)17-9-11-18(12-10-17)19-13-20(24)22(21(25)14-19)28-23(26)27/h3-4,13-18,23H,2,5-12H2,1H3/b4-3+/t15-,16-,17-,18-. The minimum absolute atomic E-state index is 0.0877. The summed E-state index contributed by atoms with van der Waals surface area (Å²) in [4.78, 5) is 0. The molecule has 0 unspecified atom stereocenters. The van der Waals surface area contributed by atoms with E-state index in [1.54, 1.807) is 0 Å². The molecular formula is C23H30F4O. The molecule has 0 heterocycles. The first-order chi connectivity index (χ1) is 13.5. The number of ether oxygens (including phenoxy) is 1. The Morgan fingerprint density at radius 2 is 1.46 bits per heavy atom. The lowest BCUT2D eigenvalue weighted by molar-refractivity contribution is -0.0546. The van der Waals surface area contributed by atoms with E-state index in [4.69, 9.17) is 0 Å². The predicted molar refractivity (Wildman–Crippen MR) is 103 cm³/mol. The molecule has 0 aromatic heterocycles. The van der Waals surface area contributed by atoms with E-state index in [9.17, 15) is 17.6 Å². The molecule has 0 bridgehead atoms. The predicted octanol–water partition coefficient (Wildman–Crippen LogP) is 7.61. The molecule has 2 saturated carbocycles. The van der Waals surface area contributed by atoms with Gasteiger partial charge in [-0.05, 0) is 99.2 Å². The lowest BCUT2D eigenvalue weighted by Gasteiger charge is -2.37. The van der Waals surface area contributed by atoms with E-state index in [2.05, 4.69) is 23.8 Å². The van der Waals surface area contributed by atoms with Gasteiger partial charge >= 0.3 is 6.61 Å². The molecule has 0 aliphatic heterocycles. The molecule has 2 fully saturated rings. The van der Waals surface area contributed by atoms with Gasteiger partial charge < -0.3 is 4.74 Å². The second-order valence-electron chi connectivity index (χ2n) is 8.32. The van der Waals surface area contributed by atoms with Crippen molar-refractivity contribution >= 4 is 0 Å². The van der Waals surface area contributed by atoms with Crippen molar-refractivity contribution in [1.82, 2.24) is 0 Å². The first-order valence-corrected chi connectivity index (χ1v) is 10.6. The first-order valence-electron chi connectivity index (χ1n) is 10.6. The molecule has 0 radical (unpaired) electrons. The van der Waals surface area contributed by atoms with Gasteiger partial charge in [0.2, 0.25) is 0 Å². The van der Waals surface area contributed by atoms with Gasteiger partial charge in [-0.15, -0.1) is 0 Å². The molecule has 5 heteroatoms. The summed E-state index contributed by atoms with van der Waals surface area (Å²) in [5, 5.41) is 0. The minimum Gasteiger partial charge on any atom is -0.429 e. The Labute approximate surface area is 165 Å². The fourth-order valence-electron chi connectivity index (χ4n) is 5.08. The number of halogens is 4. The summed E-state index contributed by atoms with van der Waals surface area (Å²) < 4.78 is 56.6. The van der Waals surface area contributed by atoms with Gasteiger partial charge in [0.1, 0.15) is 0 Å². The highest BCUT2D eigenvalue weighted by Gasteiger charge is 2.31. The Morgan fingerprint density at radius 3 is 1.96 bits per heavy atom. The Morgan fingerprint density at radius 1 is 0.929 bits per heavy atom. The van der Waals surface area contributed by atoms with Crippen LogP contribution >= 0.6 is 0 Å². The molecule has 0 N–H and O–H groups in total. The molecule has 2 aliphatic carbocycles. The van der Waals surface area contributed by atoms with Crippen molar-refractivity contribution in [1.29, 1.82) is 0 Å². The maximum atomic E-state index is 14.0. The van der Waals surface area contributed by atoms with Crippen LogP contribution in [-0.2, 0) is 0 Å². The Kier molecular flexibility index (Phi) is 7.42. The van der Waals surface area contributed by atoms with Crippen molar-refractivity contribution in [3.8, 4) is 5.75 Å². The van der Waals surface area contributed by atoms with Gasteiger partial charge in [-0.2, -0.15) is 8.78 Å². The molecular weight excluding hydrogens is 368 g/mol. The molecule has 3 rings (SSSR count). The van der Waals surface area contributed by atoms with Crippen LogP contribution in [0.1, 0.15) is 76.2 Å². The van der Waals surface area contributed by atoms with Crippen molar-refractivity contribution in [2.75, 3.05) is 0 Å². The maximum absolute atomic E-state index is 14.0. The summed E-state index contributed by atoms with van der Waals surface area (Å²) in [5.74, 6) is -0.795. The van der Waals surface area contributed by atoms with E-state index >= 15 is 0 Å². The van der Waals surface area contributed by atoms with Gasteiger partial charge in [0.05, 0.1) is 0 Å². The molecule has 28 heavy (non-hydrogen) atoms. The quantitative estimate of drug-likeness (QED) is 0.354. The van der Waals surface area contributed by atoms with Crippen molar-refractivity contribution in [2.24, 2.45) is 17.8 Å². The second kappa shape index (κ2) is 9.80. The van der Waals surface area contributed by atoms with Gasteiger partial charge in [-0.1, -0.05) is 19.1 Å². The smallest absolute Gasteiger partial charge is 0.387 e. The van der Waals surface area contributed by atoms with Crippen LogP contribution in [0.2, 0.25) is 0 Å². The number of allylic oxidation sites excluding steroid dienone is 2. The third kappa shape index (κ3) is 5.30. The molecule has 0 atom stereocenters. The van der Waals surface area contributed by atoms with Crippen LogP contribution < -0.4 is 4.74 Å². The van der Waals surface area contributed by atoms with Crippen LogP contribution in [0.15, 0.2) is 24.3 Å². The molecule has 156 valence electrons. The Hall–Kier alpha value is -1.52. The fourth-order valence-corrected chi connectivity index (χ4v) is 5.08. The van der Waals surface area contributed by atoms with Crippen molar-refractivity contribution < 1.29 is 22.3 Å². The van der Waals surface area contributed by atoms with Crippen LogP contribution in [0.3, 0.4) is 0 Å². The van der Waals surface area contributed by atoms with Crippen LogP contribution in [-0.4, -0.2) is 6.61 Å². The number of hydrogen-bond donors (Lipinski definition) is 0. The monoisotopic (exact) mass is 398 g/mol. The largest absolute Gasteiger partial charge is 0.429 e. The summed E-state index contributed by atoms with van der Waals surface area (Å²) in [6.45, 7) is -1.07. The van der Waals surface area contributed by atoms with Crippen LogP contribution in [0.25, 0.3) is 0 Å². The van der Waals surface area contributed by atoms with E-state index in [0.29, 0.717) is 11.5 Å². The minimum atomic E-state index is -3.24. The van der Waals surface area contributed by atoms with Crippen LogP contribution in [0.5, 0.6) is 5.75 Å². The zero-order chi connectivity index (χ0) is 20.1. The number of rotatable bonds is 6. The summed E-state index contributed by atoms with van der Waals surface area (Å²) in [6, 6.07) is 2.33. The topological polar surface area (TPSA) is 9.23 Å². The normalized spacial score (nSPS) is 28.8. The van der Waals surface area contributed by atoms with E-state index in [1.807, 2.05) is 0 Å². The number of hydrogen-bond acceptors (Lipinski definition) is 1. The van der Waals surface area contributed by atoms with Crippen molar-refractivity contribution in [3.05, 3.63) is 41.5 Å². The maximum Gasteiger partial charge on any atom is 0.387 e. The fraction of sp³-hybridized carbons (Fsp3) is 0.652. The highest BCUT2D eigenvalue weighted by Crippen LogP contribution is 2.44. The van der Waals surface area contributed by atoms with E-state index in [1.165, 1.54) is 25.7 Å². The zero-order valence-electron chi connectivity index (χ0n) is 16.5. The van der Waals surface area contributed by atoms with Gasteiger partial charge in [0.15, 0.2) is 17.4 Å². The average Bonchev–Trinajstić information content (AvgIpc) is 2.69. The highest BCUT2D eigenvalue weighted by molar-refractivity contribution is 5.33. The summed E-state index contributed by atoms with van der Waals surface area (Å²) in [5.41, 5.74) is 0.559. The van der Waals surface area contributed by atoms with Crippen LogP contribution in [0.4, 0.5) is 17.6 Å². The number of benzene rings is 1. The first kappa shape index (κ1) is 21.2. The lowest BCUT2D eigenvalue weighted by Crippen LogP contribution is -2.25. The number of alkyl halides is 2. The summed E-state index contributed by atoms with van der Waals surface area (Å²) in [6.07, 6.45) is 14.8. The highest BCUT2D eigenvalue weighted by atomic mass is 19.3. The van der Waals surface area contributed by atoms with Crippen molar-refractivity contribution in [2.45, 2.75) is 77.2 Å². The molecule has 0 amide bonds. The van der Waals surface area contributed by atoms with Gasteiger partial charge in [-0.25, -0.2) is 8.78 Å². The van der Waals surface area contributed by atoms with Gasteiger partial charge in [-0.3, -0.25) is 0 Å². The SMILES string of the molecule is CC/C=C/[C@H]1CC[C@H]([C@H]2CC[C@H](c3cc(F)c(OC(F)F)c(F)c3)CC2)CC1. The molecule has 2 aliphatic rings. The average molecular weight is 398 g/mol. The third-order valence-electron chi connectivity index (χ3n) is 6.60. The van der Waals surface area contributed by atoms with E-state index in [0.717, 1.165) is 56.1 Å². The molecule has 0 saturated heterocycles. The summed E-state index contributed by atoms with van der Waals surface area (Å²) in [7, 11) is 0. The van der Waals surface area contributed by atoms with Gasteiger partial charge in [0, 0.05) is 0 Å². The van der Waals surface area contributed by atoms with Crippen molar-refractivity contribution in [3.63, 3.8) is 0 Å². The van der Waals surface area contributed by atoms with E-state index < -0.39 is 24.0 Å². The van der Waals surface area contributed by atoms with E-state index in [-0.39, 0.29) is 5.92 Å². The molecule has 0 spiro atoms.